The Morgan fingerprint density at radius 2 is 2.00 bits per heavy atom. The highest BCUT2D eigenvalue weighted by Crippen LogP contribution is 2.16. The summed E-state index contributed by atoms with van der Waals surface area (Å²) >= 11 is 3.35. The van der Waals surface area contributed by atoms with Gasteiger partial charge in [-0.2, -0.15) is 5.10 Å². The molecule has 0 bridgehead atoms. The van der Waals surface area contributed by atoms with Gasteiger partial charge in [0.2, 0.25) is 0 Å². The van der Waals surface area contributed by atoms with Gasteiger partial charge in [0.25, 0.3) is 5.91 Å². The Bertz CT molecular complexity index is 952. The predicted molar refractivity (Wildman–Crippen MR) is 101 cm³/mol. The largest absolute Gasteiger partial charge is 0.465 e. The number of benzene rings is 2. The number of methoxy groups -OCH3 is 1. The van der Waals surface area contributed by atoms with Crippen molar-refractivity contribution in [1.29, 1.82) is 0 Å². The molecule has 0 saturated carbocycles. The molecule has 6 nitrogen and oxygen atoms in total. The minimum atomic E-state index is -0.393. The number of ether oxygens (including phenoxy) is 1. The van der Waals surface area contributed by atoms with Gasteiger partial charge in [0.05, 0.1) is 31.1 Å². The molecular weight excluding hydrogens is 398 g/mol. The fourth-order valence-corrected chi connectivity index (χ4v) is 2.89. The Hall–Kier alpha value is -2.93. The van der Waals surface area contributed by atoms with E-state index in [0.29, 0.717) is 23.4 Å². The van der Waals surface area contributed by atoms with E-state index in [9.17, 15) is 9.59 Å². The standard InChI is InChI=1S/C19H16BrN3O3/c1-26-19(25)17-8-3-2-5-14(17)11-23-12-16(10-21-23)22-18(24)13-6-4-7-15(20)9-13/h2-10,12H,11H2,1H3,(H,22,24). The molecular formula is C19H16BrN3O3. The summed E-state index contributed by atoms with van der Waals surface area (Å²) in [5.74, 6) is -0.614. The Labute approximate surface area is 158 Å². The van der Waals surface area contributed by atoms with E-state index in [4.69, 9.17) is 4.74 Å². The first-order valence-electron chi connectivity index (χ1n) is 7.82. The third-order valence-electron chi connectivity index (χ3n) is 3.73. The highest BCUT2D eigenvalue weighted by Gasteiger charge is 2.12. The van der Waals surface area contributed by atoms with E-state index in [0.717, 1.165) is 10.0 Å². The highest BCUT2D eigenvalue weighted by atomic mass is 79.9. The van der Waals surface area contributed by atoms with Crippen LogP contribution in [0.25, 0.3) is 0 Å². The molecule has 0 unspecified atom stereocenters. The second-order valence-electron chi connectivity index (χ2n) is 5.54. The summed E-state index contributed by atoms with van der Waals surface area (Å²) in [5, 5.41) is 7.05. The zero-order chi connectivity index (χ0) is 18.5. The van der Waals surface area contributed by atoms with Crippen LogP contribution >= 0.6 is 15.9 Å². The van der Waals surface area contributed by atoms with E-state index in [1.165, 1.54) is 7.11 Å². The van der Waals surface area contributed by atoms with E-state index in [1.54, 1.807) is 47.4 Å². The molecule has 0 fully saturated rings. The molecule has 1 N–H and O–H groups in total. The third kappa shape index (κ3) is 4.18. The monoisotopic (exact) mass is 413 g/mol. The fourth-order valence-electron chi connectivity index (χ4n) is 2.49. The van der Waals surface area contributed by atoms with Crippen molar-refractivity contribution in [1.82, 2.24) is 9.78 Å². The predicted octanol–water partition coefficient (Wildman–Crippen LogP) is 3.73. The van der Waals surface area contributed by atoms with E-state index < -0.39 is 5.97 Å². The zero-order valence-electron chi connectivity index (χ0n) is 14.0. The van der Waals surface area contributed by atoms with Crippen molar-refractivity contribution in [3.05, 3.63) is 82.1 Å². The molecule has 1 aromatic heterocycles. The van der Waals surface area contributed by atoms with Gasteiger partial charge in [0, 0.05) is 16.2 Å². The van der Waals surface area contributed by atoms with Crippen LogP contribution in [0.15, 0.2) is 65.4 Å². The number of hydrogen-bond acceptors (Lipinski definition) is 4. The summed E-state index contributed by atoms with van der Waals surface area (Å²) in [5.41, 5.74) is 2.39. The van der Waals surface area contributed by atoms with Gasteiger partial charge >= 0.3 is 5.97 Å². The number of carbonyl (C=O) groups excluding carboxylic acids is 2. The van der Waals surface area contributed by atoms with Gasteiger partial charge in [-0.1, -0.05) is 40.2 Å². The molecule has 3 rings (SSSR count). The minimum absolute atomic E-state index is 0.221. The highest BCUT2D eigenvalue weighted by molar-refractivity contribution is 9.10. The molecule has 26 heavy (non-hydrogen) atoms. The number of aromatic nitrogens is 2. The molecule has 132 valence electrons. The SMILES string of the molecule is COC(=O)c1ccccc1Cn1cc(NC(=O)c2cccc(Br)c2)cn1. The first kappa shape index (κ1) is 17.9. The summed E-state index contributed by atoms with van der Waals surface area (Å²) in [6.45, 7) is 0.387. The number of halogens is 1. The smallest absolute Gasteiger partial charge is 0.338 e. The normalized spacial score (nSPS) is 10.4. The first-order valence-corrected chi connectivity index (χ1v) is 8.61. The van der Waals surface area contributed by atoms with Crippen molar-refractivity contribution >= 4 is 33.5 Å². The maximum absolute atomic E-state index is 12.3. The van der Waals surface area contributed by atoms with E-state index in [2.05, 4.69) is 26.3 Å². The second-order valence-corrected chi connectivity index (χ2v) is 6.46. The van der Waals surface area contributed by atoms with Gasteiger partial charge in [-0.25, -0.2) is 4.79 Å². The molecule has 1 amide bonds. The van der Waals surface area contributed by atoms with Gasteiger partial charge < -0.3 is 10.1 Å². The molecule has 1 heterocycles. The van der Waals surface area contributed by atoms with Gasteiger partial charge in [0.15, 0.2) is 0 Å². The summed E-state index contributed by atoms with van der Waals surface area (Å²) in [4.78, 5) is 24.1. The zero-order valence-corrected chi connectivity index (χ0v) is 15.6. The minimum Gasteiger partial charge on any atom is -0.465 e. The van der Waals surface area contributed by atoms with Crippen LogP contribution in [0.4, 0.5) is 5.69 Å². The van der Waals surface area contributed by atoms with E-state index >= 15 is 0 Å². The van der Waals surface area contributed by atoms with Crippen LogP contribution in [0.5, 0.6) is 0 Å². The molecule has 0 aliphatic heterocycles. The average Bonchev–Trinajstić information content (AvgIpc) is 3.08. The van der Waals surface area contributed by atoms with Crippen molar-refractivity contribution in [2.24, 2.45) is 0 Å². The van der Waals surface area contributed by atoms with E-state index in [-0.39, 0.29) is 5.91 Å². The van der Waals surface area contributed by atoms with Crippen molar-refractivity contribution in [3.8, 4) is 0 Å². The Morgan fingerprint density at radius 3 is 2.77 bits per heavy atom. The first-order chi connectivity index (χ1) is 12.6. The number of anilines is 1. The summed E-state index contributed by atoms with van der Waals surface area (Å²) in [6.07, 6.45) is 3.28. The summed E-state index contributed by atoms with van der Waals surface area (Å²) in [7, 11) is 1.35. The molecule has 0 spiro atoms. The van der Waals surface area contributed by atoms with Crippen molar-refractivity contribution in [2.75, 3.05) is 12.4 Å². The van der Waals surface area contributed by atoms with Crippen LogP contribution in [-0.4, -0.2) is 28.8 Å². The van der Waals surface area contributed by atoms with Crippen LogP contribution in [0.3, 0.4) is 0 Å². The van der Waals surface area contributed by atoms with Crippen LogP contribution in [0.1, 0.15) is 26.3 Å². The summed E-state index contributed by atoms with van der Waals surface area (Å²) in [6, 6.07) is 14.3. The Morgan fingerprint density at radius 1 is 1.19 bits per heavy atom. The number of amides is 1. The Balaban J connectivity index is 1.73. The maximum Gasteiger partial charge on any atom is 0.338 e. The van der Waals surface area contributed by atoms with Gasteiger partial charge in [-0.15, -0.1) is 0 Å². The van der Waals surface area contributed by atoms with Crippen molar-refractivity contribution in [2.45, 2.75) is 6.54 Å². The lowest BCUT2D eigenvalue weighted by Crippen LogP contribution is -2.11. The molecule has 0 aliphatic carbocycles. The molecule has 3 aromatic rings. The van der Waals surface area contributed by atoms with Crippen LogP contribution in [0.2, 0.25) is 0 Å². The van der Waals surface area contributed by atoms with Gasteiger partial charge in [0.1, 0.15) is 0 Å². The number of hydrogen-bond donors (Lipinski definition) is 1. The maximum atomic E-state index is 12.3. The molecule has 0 saturated heterocycles. The molecule has 0 radical (unpaired) electrons. The lowest BCUT2D eigenvalue weighted by molar-refractivity contribution is 0.0599. The number of nitrogens with one attached hydrogen (secondary N) is 1. The van der Waals surface area contributed by atoms with Gasteiger partial charge in [-0.3, -0.25) is 9.48 Å². The Kier molecular flexibility index (Phi) is 5.48. The van der Waals surface area contributed by atoms with Crippen LogP contribution in [-0.2, 0) is 11.3 Å². The quantitative estimate of drug-likeness (QED) is 0.646. The van der Waals surface area contributed by atoms with Crippen LogP contribution < -0.4 is 5.32 Å². The second kappa shape index (κ2) is 7.97. The van der Waals surface area contributed by atoms with Crippen LogP contribution in [0, 0.1) is 0 Å². The molecule has 7 heteroatoms. The molecule has 0 aliphatic rings. The third-order valence-corrected chi connectivity index (χ3v) is 4.23. The van der Waals surface area contributed by atoms with E-state index in [1.807, 2.05) is 18.2 Å². The molecule has 0 atom stereocenters. The number of carbonyl (C=O) groups is 2. The average molecular weight is 414 g/mol. The lowest BCUT2D eigenvalue weighted by Gasteiger charge is -2.07. The molecule has 2 aromatic carbocycles. The summed E-state index contributed by atoms with van der Waals surface area (Å²) < 4.78 is 7.29. The lowest BCUT2D eigenvalue weighted by atomic mass is 10.1. The van der Waals surface area contributed by atoms with Crippen molar-refractivity contribution < 1.29 is 14.3 Å². The number of esters is 1. The van der Waals surface area contributed by atoms with Crippen molar-refractivity contribution in [3.63, 3.8) is 0 Å². The number of rotatable bonds is 5. The fraction of sp³-hybridized carbons (Fsp3) is 0.105. The topological polar surface area (TPSA) is 73.2 Å². The van der Waals surface area contributed by atoms with Gasteiger partial charge in [-0.05, 0) is 29.8 Å². The number of nitrogens with zero attached hydrogens (tertiary/aromatic N) is 2.